The third kappa shape index (κ3) is 3.83. The van der Waals surface area contributed by atoms with Gasteiger partial charge in [0, 0.05) is 15.6 Å². The van der Waals surface area contributed by atoms with E-state index in [0.717, 1.165) is 37.8 Å². The summed E-state index contributed by atoms with van der Waals surface area (Å²) in [6, 6.07) is 17.3. The molecule has 0 unspecified atom stereocenters. The fourth-order valence-corrected chi connectivity index (χ4v) is 3.92. The SMILES string of the molecule is Brc1ccccc1-c1noc(CSc2ccc(-c3ccc4c(c3)OCO4)nn2)n1. The van der Waals surface area contributed by atoms with Crippen LogP contribution in [-0.4, -0.2) is 27.1 Å². The van der Waals surface area contributed by atoms with Crippen LogP contribution in [0.15, 0.2) is 68.6 Å². The molecule has 4 aromatic rings. The zero-order chi connectivity index (χ0) is 19.6. The van der Waals surface area contributed by atoms with Gasteiger partial charge in [0.05, 0.1) is 11.4 Å². The van der Waals surface area contributed by atoms with Gasteiger partial charge in [-0.2, -0.15) is 4.98 Å². The first-order chi connectivity index (χ1) is 14.3. The molecule has 0 amide bonds. The van der Waals surface area contributed by atoms with Crippen LogP contribution < -0.4 is 9.47 Å². The third-order valence-corrected chi connectivity index (χ3v) is 5.83. The zero-order valence-corrected chi connectivity index (χ0v) is 17.3. The predicted molar refractivity (Wildman–Crippen MR) is 111 cm³/mol. The van der Waals surface area contributed by atoms with Crippen molar-refractivity contribution in [3.05, 3.63) is 65.0 Å². The van der Waals surface area contributed by atoms with Crippen LogP contribution in [0.1, 0.15) is 5.89 Å². The van der Waals surface area contributed by atoms with Crippen molar-refractivity contribution in [2.24, 2.45) is 0 Å². The summed E-state index contributed by atoms with van der Waals surface area (Å²) >= 11 is 4.98. The minimum absolute atomic E-state index is 0.249. The quantitative estimate of drug-likeness (QED) is 0.379. The van der Waals surface area contributed by atoms with Gasteiger partial charge in [-0.3, -0.25) is 0 Å². The standard InChI is InChI=1S/C20H13BrN4O3S/c21-14-4-2-1-3-13(14)20-22-18(28-25-20)10-29-19-8-6-15(23-24-19)12-5-7-16-17(9-12)27-11-26-16/h1-9H,10-11H2. The molecule has 0 atom stereocenters. The number of hydrogen-bond donors (Lipinski definition) is 0. The summed E-state index contributed by atoms with van der Waals surface area (Å²) in [7, 11) is 0. The number of aromatic nitrogens is 4. The Morgan fingerprint density at radius 1 is 0.966 bits per heavy atom. The normalized spacial score (nSPS) is 12.3. The summed E-state index contributed by atoms with van der Waals surface area (Å²) in [4.78, 5) is 4.45. The lowest BCUT2D eigenvalue weighted by molar-refractivity contribution is 0.174. The molecule has 144 valence electrons. The number of benzene rings is 2. The van der Waals surface area contributed by atoms with E-state index in [9.17, 15) is 0 Å². The molecular weight excluding hydrogens is 456 g/mol. The van der Waals surface area contributed by atoms with Crippen molar-refractivity contribution >= 4 is 27.7 Å². The van der Waals surface area contributed by atoms with Crippen LogP contribution >= 0.6 is 27.7 Å². The molecule has 7 nitrogen and oxygen atoms in total. The minimum atomic E-state index is 0.249. The molecule has 29 heavy (non-hydrogen) atoms. The van der Waals surface area contributed by atoms with Gasteiger partial charge in [-0.25, -0.2) is 0 Å². The summed E-state index contributed by atoms with van der Waals surface area (Å²) in [6.45, 7) is 0.249. The van der Waals surface area contributed by atoms with Crippen molar-refractivity contribution in [3.8, 4) is 34.1 Å². The predicted octanol–water partition coefficient (Wildman–Crippen LogP) is 4.98. The van der Waals surface area contributed by atoms with Crippen LogP contribution in [0.25, 0.3) is 22.6 Å². The molecule has 0 radical (unpaired) electrons. The van der Waals surface area contributed by atoms with Crippen molar-refractivity contribution in [2.75, 3.05) is 6.79 Å². The van der Waals surface area contributed by atoms with E-state index in [2.05, 4.69) is 36.3 Å². The van der Waals surface area contributed by atoms with E-state index in [4.69, 9.17) is 14.0 Å². The lowest BCUT2D eigenvalue weighted by Crippen LogP contribution is -1.93. The Hall–Kier alpha value is -2.91. The van der Waals surface area contributed by atoms with Crippen molar-refractivity contribution in [1.82, 2.24) is 20.3 Å². The highest BCUT2D eigenvalue weighted by Gasteiger charge is 2.15. The van der Waals surface area contributed by atoms with Gasteiger partial charge in [0.2, 0.25) is 18.5 Å². The maximum Gasteiger partial charge on any atom is 0.237 e. The molecule has 0 spiro atoms. The van der Waals surface area contributed by atoms with E-state index >= 15 is 0 Å². The zero-order valence-electron chi connectivity index (χ0n) is 14.9. The second-order valence-corrected chi connectivity index (χ2v) is 7.96. The summed E-state index contributed by atoms with van der Waals surface area (Å²) in [5.41, 5.74) is 2.58. The molecular formula is C20H13BrN4O3S. The number of thioether (sulfide) groups is 1. The second kappa shape index (κ2) is 7.84. The summed E-state index contributed by atoms with van der Waals surface area (Å²) in [5, 5.41) is 13.4. The first kappa shape index (κ1) is 18.1. The maximum atomic E-state index is 5.41. The summed E-state index contributed by atoms with van der Waals surface area (Å²) in [5.74, 6) is 3.06. The lowest BCUT2D eigenvalue weighted by Gasteiger charge is -2.03. The van der Waals surface area contributed by atoms with E-state index in [1.54, 1.807) is 0 Å². The van der Waals surface area contributed by atoms with Gasteiger partial charge < -0.3 is 14.0 Å². The first-order valence-corrected chi connectivity index (χ1v) is 10.5. The number of ether oxygens (including phenoxy) is 2. The average molecular weight is 469 g/mol. The maximum absolute atomic E-state index is 5.41. The molecule has 0 N–H and O–H groups in total. The van der Waals surface area contributed by atoms with Gasteiger partial charge in [-0.15, -0.1) is 10.2 Å². The molecule has 9 heteroatoms. The molecule has 1 aliphatic heterocycles. The molecule has 0 aliphatic carbocycles. The fourth-order valence-electron chi connectivity index (χ4n) is 2.81. The van der Waals surface area contributed by atoms with Gasteiger partial charge in [-0.05, 0) is 42.5 Å². The number of rotatable bonds is 5. The molecule has 2 aromatic heterocycles. The molecule has 5 rings (SSSR count). The molecule has 0 saturated carbocycles. The van der Waals surface area contributed by atoms with Crippen LogP contribution in [0, 0.1) is 0 Å². The van der Waals surface area contributed by atoms with Gasteiger partial charge in [0.15, 0.2) is 11.5 Å². The highest BCUT2D eigenvalue weighted by Crippen LogP contribution is 2.35. The minimum Gasteiger partial charge on any atom is -0.454 e. The number of hydrogen-bond acceptors (Lipinski definition) is 8. The van der Waals surface area contributed by atoms with Gasteiger partial charge in [0.25, 0.3) is 0 Å². The Balaban J connectivity index is 1.26. The van der Waals surface area contributed by atoms with Crippen LogP contribution in [0.4, 0.5) is 0 Å². The molecule has 3 heterocycles. The smallest absolute Gasteiger partial charge is 0.237 e. The van der Waals surface area contributed by atoms with Crippen molar-refractivity contribution in [2.45, 2.75) is 10.8 Å². The van der Waals surface area contributed by atoms with Crippen LogP contribution in [0.2, 0.25) is 0 Å². The molecule has 0 fully saturated rings. The Morgan fingerprint density at radius 3 is 2.72 bits per heavy atom. The number of halogens is 1. The van der Waals surface area contributed by atoms with E-state index in [0.29, 0.717) is 17.5 Å². The molecule has 0 saturated heterocycles. The fraction of sp³-hybridized carbons (Fsp3) is 0.100. The highest BCUT2D eigenvalue weighted by atomic mass is 79.9. The molecule has 1 aliphatic rings. The first-order valence-electron chi connectivity index (χ1n) is 8.70. The largest absolute Gasteiger partial charge is 0.454 e. The third-order valence-electron chi connectivity index (χ3n) is 4.23. The Morgan fingerprint density at radius 2 is 1.86 bits per heavy atom. The summed E-state index contributed by atoms with van der Waals surface area (Å²) < 4.78 is 17.0. The number of nitrogens with zero attached hydrogens (tertiary/aromatic N) is 4. The van der Waals surface area contributed by atoms with Crippen LogP contribution in [0.5, 0.6) is 11.5 Å². The van der Waals surface area contributed by atoms with Crippen molar-refractivity contribution < 1.29 is 14.0 Å². The lowest BCUT2D eigenvalue weighted by atomic mass is 10.1. The van der Waals surface area contributed by atoms with Crippen LogP contribution in [0.3, 0.4) is 0 Å². The van der Waals surface area contributed by atoms with Crippen LogP contribution in [-0.2, 0) is 5.75 Å². The van der Waals surface area contributed by atoms with E-state index in [-0.39, 0.29) is 6.79 Å². The van der Waals surface area contributed by atoms with E-state index < -0.39 is 0 Å². The van der Waals surface area contributed by atoms with Gasteiger partial charge >= 0.3 is 0 Å². The number of fused-ring (bicyclic) bond motifs is 1. The van der Waals surface area contributed by atoms with Gasteiger partial charge in [-0.1, -0.05) is 45.0 Å². The summed E-state index contributed by atoms with van der Waals surface area (Å²) in [6.07, 6.45) is 0. The topological polar surface area (TPSA) is 83.2 Å². The van der Waals surface area contributed by atoms with Crippen molar-refractivity contribution in [1.29, 1.82) is 0 Å². The van der Waals surface area contributed by atoms with Crippen molar-refractivity contribution in [3.63, 3.8) is 0 Å². The monoisotopic (exact) mass is 468 g/mol. The highest BCUT2D eigenvalue weighted by molar-refractivity contribution is 9.10. The second-order valence-electron chi connectivity index (χ2n) is 6.11. The Labute approximate surface area is 178 Å². The average Bonchev–Trinajstić information content (AvgIpc) is 3.42. The Bertz CT molecular complexity index is 1170. The van der Waals surface area contributed by atoms with E-state index in [1.807, 2.05) is 54.6 Å². The Kier molecular flexibility index (Phi) is 4.91. The molecule has 2 aromatic carbocycles. The van der Waals surface area contributed by atoms with Gasteiger partial charge in [0.1, 0.15) is 5.03 Å². The molecule has 0 bridgehead atoms. The van der Waals surface area contributed by atoms with E-state index in [1.165, 1.54) is 11.8 Å².